The van der Waals surface area contributed by atoms with Crippen molar-refractivity contribution in [2.45, 2.75) is 45.1 Å². The molecule has 1 fully saturated rings. The maximum absolute atomic E-state index is 13.1. The molecule has 1 saturated heterocycles. The summed E-state index contributed by atoms with van der Waals surface area (Å²) >= 11 is 0. The molecular weight excluding hydrogens is 549 g/mol. The van der Waals surface area contributed by atoms with Crippen LogP contribution in [0, 0.1) is 11.8 Å². The average molecular weight is 577 g/mol. The Morgan fingerprint density at radius 3 is 2.55 bits per heavy atom. The van der Waals surface area contributed by atoms with Gasteiger partial charge in [0, 0.05) is 48.3 Å². The van der Waals surface area contributed by atoms with Gasteiger partial charge in [0.15, 0.2) is 0 Å². The molecule has 3 atom stereocenters. The molecule has 0 bridgehead atoms. The van der Waals surface area contributed by atoms with E-state index in [-0.39, 0.29) is 35.2 Å². The Balaban J connectivity index is 1.51. The van der Waals surface area contributed by atoms with Crippen molar-refractivity contribution < 1.29 is 22.8 Å². The Morgan fingerprint density at radius 2 is 1.86 bits per heavy atom. The highest BCUT2D eigenvalue weighted by Crippen LogP contribution is 2.35. The molecule has 1 aliphatic heterocycles. The summed E-state index contributed by atoms with van der Waals surface area (Å²) in [5.74, 6) is 4.94. The lowest BCUT2D eigenvalue weighted by Gasteiger charge is -2.43. The molecule has 0 radical (unpaired) electrons. The number of alkyl halides is 3. The number of pyridine rings is 1. The van der Waals surface area contributed by atoms with Crippen LogP contribution in [0.4, 0.5) is 24.8 Å². The number of hydrogen-bond acceptors (Lipinski definition) is 7. The second-order valence-electron chi connectivity index (χ2n) is 9.89. The number of rotatable bonds is 4. The summed E-state index contributed by atoms with van der Waals surface area (Å²) in [5, 5.41) is 5.83. The number of nitrogens with two attached hydrogens (primary N) is 1. The molecule has 0 saturated carbocycles. The molecule has 13 heteroatoms. The number of nitrogen functional groups attached to an aromatic ring is 1. The Kier molecular flexibility index (Phi) is 7.57. The van der Waals surface area contributed by atoms with E-state index in [1.165, 1.54) is 12.1 Å². The van der Waals surface area contributed by atoms with Gasteiger partial charge in [-0.05, 0) is 51.0 Å². The van der Waals surface area contributed by atoms with Crippen LogP contribution in [0.1, 0.15) is 48.6 Å². The normalized spacial score (nSPS) is 18.8. The molecule has 216 valence electrons. The minimum Gasteiger partial charge on any atom is -0.382 e. The largest absolute Gasteiger partial charge is 0.416 e. The number of nitrogens with one attached hydrogen (secondary N) is 2. The summed E-state index contributed by atoms with van der Waals surface area (Å²) in [6.07, 6.45) is -0.310. The first-order chi connectivity index (χ1) is 20.0. The smallest absolute Gasteiger partial charge is 0.382 e. The molecule has 0 aliphatic carbocycles. The number of carbonyl (C=O) groups is 2. The van der Waals surface area contributed by atoms with Crippen LogP contribution in [0.5, 0.6) is 0 Å². The summed E-state index contributed by atoms with van der Waals surface area (Å²) < 4.78 is 40.9. The number of fused-ring (bicyclic) bond motifs is 1. The van der Waals surface area contributed by atoms with Crippen molar-refractivity contribution >= 4 is 29.0 Å². The zero-order chi connectivity index (χ0) is 30.2. The highest BCUT2D eigenvalue weighted by Gasteiger charge is 2.40. The fraction of sp³-hybridized carbons (Fsp3) is 0.276. The van der Waals surface area contributed by atoms with Crippen LogP contribution in [-0.4, -0.2) is 54.7 Å². The molecule has 4 heterocycles. The molecule has 10 nitrogen and oxygen atoms in total. The molecule has 1 aliphatic rings. The first kappa shape index (κ1) is 28.6. The third-order valence-electron chi connectivity index (χ3n) is 7.07. The summed E-state index contributed by atoms with van der Waals surface area (Å²) in [5.41, 5.74) is 7.21. The van der Waals surface area contributed by atoms with Gasteiger partial charge >= 0.3 is 6.18 Å². The van der Waals surface area contributed by atoms with Crippen LogP contribution < -0.4 is 16.4 Å². The van der Waals surface area contributed by atoms with Crippen LogP contribution >= 0.6 is 0 Å². The van der Waals surface area contributed by atoms with Crippen molar-refractivity contribution in [2.75, 3.05) is 17.6 Å². The molecule has 4 N–H and O–H groups in total. The fourth-order valence-electron chi connectivity index (χ4n) is 5.07. The van der Waals surface area contributed by atoms with Crippen LogP contribution in [-0.2, 0) is 11.0 Å². The molecule has 1 aromatic carbocycles. The molecule has 5 rings (SSSR count). The predicted octanol–water partition coefficient (Wildman–Crippen LogP) is 3.92. The van der Waals surface area contributed by atoms with Crippen LogP contribution in [0.15, 0.2) is 55.0 Å². The van der Waals surface area contributed by atoms with Crippen molar-refractivity contribution in [2.24, 2.45) is 0 Å². The Hall–Kier alpha value is -4.96. The monoisotopic (exact) mass is 576 g/mol. The van der Waals surface area contributed by atoms with Gasteiger partial charge in [0.2, 0.25) is 0 Å². The van der Waals surface area contributed by atoms with E-state index in [9.17, 15) is 22.8 Å². The van der Waals surface area contributed by atoms with E-state index in [0.29, 0.717) is 29.1 Å². The Labute approximate surface area is 239 Å². The second-order valence-corrected chi connectivity index (χ2v) is 9.89. The molecular formula is C29H27F3N8O2. The van der Waals surface area contributed by atoms with Crippen molar-refractivity contribution in [3.05, 3.63) is 71.9 Å². The van der Waals surface area contributed by atoms with E-state index in [0.717, 1.165) is 18.3 Å². The molecule has 3 aromatic heterocycles. The first-order valence-corrected chi connectivity index (χ1v) is 13.1. The third kappa shape index (κ3) is 5.36. The van der Waals surface area contributed by atoms with Crippen LogP contribution in [0.3, 0.4) is 0 Å². The first-order valence-electron chi connectivity index (χ1n) is 13.1. The van der Waals surface area contributed by atoms with E-state index in [1.54, 1.807) is 40.8 Å². The summed E-state index contributed by atoms with van der Waals surface area (Å²) in [6.45, 7) is 6.10. The predicted molar refractivity (Wildman–Crippen MR) is 150 cm³/mol. The SMILES string of the molecule is CC#CC(=O)N1C(c2nc(-c3ccc(C(=O)Nc4cc(C(F)(F)F)ccn4)cc3)c3c(N)nccn23)[C@H](C)NC[C@@H]1C. The van der Waals surface area contributed by atoms with Crippen molar-refractivity contribution in [1.29, 1.82) is 0 Å². The summed E-state index contributed by atoms with van der Waals surface area (Å²) in [4.78, 5) is 40.6. The summed E-state index contributed by atoms with van der Waals surface area (Å²) in [6, 6.07) is 7.16. The highest BCUT2D eigenvalue weighted by atomic mass is 19.4. The maximum Gasteiger partial charge on any atom is 0.416 e. The average Bonchev–Trinajstić information content (AvgIpc) is 3.34. The van der Waals surface area contributed by atoms with Gasteiger partial charge in [-0.25, -0.2) is 15.0 Å². The number of halogens is 3. The maximum atomic E-state index is 13.1. The van der Waals surface area contributed by atoms with Crippen molar-refractivity contribution in [3.63, 3.8) is 0 Å². The Bertz CT molecular complexity index is 1720. The quantitative estimate of drug-likeness (QED) is 0.314. The lowest BCUT2D eigenvalue weighted by Crippen LogP contribution is -2.58. The van der Waals surface area contributed by atoms with E-state index < -0.39 is 23.7 Å². The lowest BCUT2D eigenvalue weighted by atomic mass is 10.00. The summed E-state index contributed by atoms with van der Waals surface area (Å²) in [7, 11) is 0. The minimum atomic E-state index is -4.57. The van der Waals surface area contributed by atoms with Gasteiger partial charge in [0.25, 0.3) is 11.8 Å². The fourth-order valence-corrected chi connectivity index (χ4v) is 5.07. The number of anilines is 2. The zero-order valence-electron chi connectivity index (χ0n) is 22.9. The van der Waals surface area contributed by atoms with Gasteiger partial charge in [0.1, 0.15) is 34.7 Å². The van der Waals surface area contributed by atoms with Crippen LogP contribution in [0.25, 0.3) is 16.8 Å². The number of hydrogen-bond donors (Lipinski definition) is 3. The van der Waals surface area contributed by atoms with E-state index in [1.807, 2.05) is 13.8 Å². The van der Waals surface area contributed by atoms with Gasteiger partial charge in [-0.15, -0.1) is 0 Å². The number of amides is 2. The number of imidazole rings is 1. The number of carbonyl (C=O) groups excluding carboxylic acids is 2. The van der Waals surface area contributed by atoms with Gasteiger partial charge in [0.05, 0.1) is 5.56 Å². The van der Waals surface area contributed by atoms with Crippen molar-refractivity contribution in [3.8, 4) is 23.1 Å². The molecule has 42 heavy (non-hydrogen) atoms. The van der Waals surface area contributed by atoms with Gasteiger partial charge in [-0.1, -0.05) is 18.1 Å². The molecule has 4 aromatic rings. The van der Waals surface area contributed by atoms with Crippen molar-refractivity contribution in [1.82, 2.24) is 29.6 Å². The number of benzene rings is 1. The van der Waals surface area contributed by atoms with E-state index in [4.69, 9.17) is 10.7 Å². The second kappa shape index (κ2) is 11.1. The third-order valence-corrected chi connectivity index (χ3v) is 7.07. The Morgan fingerprint density at radius 1 is 1.12 bits per heavy atom. The van der Waals surface area contributed by atoms with E-state index >= 15 is 0 Å². The number of nitrogens with zero attached hydrogens (tertiary/aromatic N) is 5. The standard InChI is InChI=1S/C29H27F3N8O2/c1-4-5-22(41)40-16(2)15-36-17(3)24(40)27-38-23(25-26(33)35-12-13-39(25)27)18-6-8-19(9-7-18)28(42)37-21-14-20(10-11-34-21)29(30,31)32/h6-14,16-17,24,36H,15H2,1-3H3,(H2,33,35)(H,34,37,42)/t16-,17-,24?/m0/s1. The zero-order valence-corrected chi connectivity index (χ0v) is 22.9. The topological polar surface area (TPSA) is 131 Å². The molecule has 0 spiro atoms. The molecule has 1 unspecified atom stereocenters. The lowest BCUT2D eigenvalue weighted by molar-refractivity contribution is -0.137. The highest BCUT2D eigenvalue weighted by molar-refractivity contribution is 6.04. The van der Waals surface area contributed by atoms with Gasteiger partial charge in [-0.2, -0.15) is 13.2 Å². The van der Waals surface area contributed by atoms with E-state index in [2.05, 4.69) is 32.4 Å². The van der Waals surface area contributed by atoms with Crippen LogP contribution in [0.2, 0.25) is 0 Å². The molecule has 2 amide bonds. The minimum absolute atomic E-state index is 0.154. The van der Waals surface area contributed by atoms with Gasteiger partial charge in [-0.3, -0.25) is 14.0 Å². The number of piperazine rings is 1. The van der Waals surface area contributed by atoms with Gasteiger partial charge < -0.3 is 21.3 Å². The number of aromatic nitrogens is 4.